The number of carbonyl (C=O) groups is 2. The Kier molecular flexibility index (Phi) is 6.89. The monoisotopic (exact) mass is 410 g/mol. The van der Waals surface area contributed by atoms with Crippen molar-refractivity contribution in [2.24, 2.45) is 0 Å². The predicted octanol–water partition coefficient (Wildman–Crippen LogP) is 3.97. The zero-order valence-corrected chi connectivity index (χ0v) is 15.7. The molecule has 8 nitrogen and oxygen atoms in total. The average molecular weight is 411 g/mol. The molecule has 2 aromatic rings. The van der Waals surface area contributed by atoms with Crippen molar-refractivity contribution >= 4 is 34.9 Å². The van der Waals surface area contributed by atoms with E-state index in [0.29, 0.717) is 0 Å². The van der Waals surface area contributed by atoms with Crippen molar-refractivity contribution in [1.82, 2.24) is 0 Å². The first-order valence-electron chi connectivity index (χ1n) is 8.11. The third-order valence-electron chi connectivity index (χ3n) is 3.53. The van der Waals surface area contributed by atoms with Gasteiger partial charge in [0.05, 0.1) is 22.8 Å². The highest BCUT2D eigenvalue weighted by Gasteiger charge is 2.23. The van der Waals surface area contributed by atoms with Gasteiger partial charge in [0.25, 0.3) is 5.91 Å². The highest BCUT2D eigenvalue weighted by molar-refractivity contribution is 6.30. The van der Waals surface area contributed by atoms with Crippen LogP contribution >= 0.6 is 11.6 Å². The molecule has 0 bridgehead atoms. The molecule has 0 heterocycles. The molecular formula is C18H16ClFN2O6. The van der Waals surface area contributed by atoms with E-state index >= 15 is 0 Å². The number of hydrogen-bond acceptors (Lipinski definition) is 6. The molecule has 0 aliphatic heterocycles. The minimum absolute atomic E-state index is 0.00746. The molecule has 0 saturated heterocycles. The Labute approximate surface area is 164 Å². The highest BCUT2D eigenvalue weighted by atomic mass is 35.5. The lowest BCUT2D eigenvalue weighted by atomic mass is 10.2. The van der Waals surface area contributed by atoms with E-state index in [2.05, 4.69) is 5.32 Å². The minimum atomic E-state index is -1.28. The summed E-state index contributed by atoms with van der Waals surface area (Å²) in [6.07, 6.45) is -1.28. The van der Waals surface area contributed by atoms with E-state index in [4.69, 9.17) is 21.1 Å². The highest BCUT2D eigenvalue weighted by Crippen LogP contribution is 2.28. The third kappa shape index (κ3) is 5.17. The fourth-order valence-corrected chi connectivity index (χ4v) is 2.33. The summed E-state index contributed by atoms with van der Waals surface area (Å²) in [7, 11) is 0. The molecule has 0 aliphatic rings. The van der Waals surface area contributed by atoms with Crippen LogP contribution in [0.3, 0.4) is 0 Å². The summed E-state index contributed by atoms with van der Waals surface area (Å²) >= 11 is 5.64. The lowest BCUT2D eigenvalue weighted by Crippen LogP contribution is -2.30. The van der Waals surface area contributed by atoms with E-state index < -0.39 is 34.4 Å². The van der Waals surface area contributed by atoms with Gasteiger partial charge in [-0.25, -0.2) is 9.18 Å². The standard InChI is InChI=1S/C18H16ClFN2O6/c1-3-27-16-7-4-11(8-15(16)22(25)26)18(24)28-10(2)17(23)21-14-6-5-12(19)9-13(14)20/h4-10H,3H2,1-2H3,(H,21,23)/t10-/m1/s1. The number of nitro benzene ring substituents is 1. The summed E-state index contributed by atoms with van der Waals surface area (Å²) in [5, 5.41) is 13.6. The fourth-order valence-electron chi connectivity index (χ4n) is 2.17. The Hall–Kier alpha value is -3.20. The lowest BCUT2D eigenvalue weighted by molar-refractivity contribution is -0.385. The Morgan fingerprint density at radius 2 is 2.00 bits per heavy atom. The second kappa shape index (κ2) is 9.14. The van der Waals surface area contributed by atoms with Crippen molar-refractivity contribution in [2.75, 3.05) is 11.9 Å². The number of benzene rings is 2. The number of rotatable bonds is 7. The molecule has 1 atom stereocenters. The fraction of sp³-hybridized carbons (Fsp3) is 0.222. The van der Waals surface area contributed by atoms with Gasteiger partial charge in [0.15, 0.2) is 11.9 Å². The predicted molar refractivity (Wildman–Crippen MR) is 99.2 cm³/mol. The van der Waals surface area contributed by atoms with Gasteiger partial charge in [-0.05, 0) is 44.2 Å². The number of esters is 1. The van der Waals surface area contributed by atoms with Crippen LogP contribution < -0.4 is 10.1 Å². The summed E-state index contributed by atoms with van der Waals surface area (Å²) in [4.78, 5) is 34.8. The first-order chi connectivity index (χ1) is 13.2. The van der Waals surface area contributed by atoms with Crippen LogP contribution in [0, 0.1) is 15.9 Å². The molecule has 0 fully saturated rings. The normalized spacial score (nSPS) is 11.4. The Bertz CT molecular complexity index is 921. The van der Waals surface area contributed by atoms with Gasteiger partial charge in [-0.3, -0.25) is 14.9 Å². The first kappa shape index (κ1) is 21.1. The molecular weight excluding hydrogens is 395 g/mol. The van der Waals surface area contributed by atoms with Gasteiger partial charge in [0.2, 0.25) is 0 Å². The van der Waals surface area contributed by atoms with Gasteiger partial charge in [-0.1, -0.05) is 11.6 Å². The second-order valence-electron chi connectivity index (χ2n) is 5.53. The quantitative estimate of drug-likeness (QED) is 0.420. The lowest BCUT2D eigenvalue weighted by Gasteiger charge is -2.14. The number of hydrogen-bond donors (Lipinski definition) is 1. The summed E-state index contributed by atoms with van der Waals surface area (Å²) in [5.74, 6) is -2.48. The molecule has 148 valence electrons. The van der Waals surface area contributed by atoms with Gasteiger partial charge in [0.1, 0.15) is 5.82 Å². The SMILES string of the molecule is CCOc1ccc(C(=O)O[C@H](C)C(=O)Nc2ccc(Cl)cc2F)cc1[N+](=O)[O-]. The van der Waals surface area contributed by atoms with Crippen LogP contribution in [0.5, 0.6) is 5.75 Å². The molecule has 10 heteroatoms. The van der Waals surface area contributed by atoms with Gasteiger partial charge < -0.3 is 14.8 Å². The Morgan fingerprint density at radius 1 is 1.29 bits per heavy atom. The molecule has 0 unspecified atom stereocenters. The van der Waals surface area contributed by atoms with E-state index in [0.717, 1.165) is 12.1 Å². The maximum absolute atomic E-state index is 13.7. The maximum atomic E-state index is 13.7. The van der Waals surface area contributed by atoms with Crippen molar-refractivity contribution in [3.63, 3.8) is 0 Å². The number of nitro groups is 1. The van der Waals surface area contributed by atoms with Crippen molar-refractivity contribution < 1.29 is 28.4 Å². The molecule has 0 aromatic heterocycles. The molecule has 0 aliphatic carbocycles. The summed E-state index contributed by atoms with van der Waals surface area (Å²) in [6.45, 7) is 3.16. The van der Waals surface area contributed by atoms with E-state index in [9.17, 15) is 24.1 Å². The molecule has 0 saturated carbocycles. The smallest absolute Gasteiger partial charge is 0.339 e. The molecule has 28 heavy (non-hydrogen) atoms. The number of carbonyl (C=O) groups excluding carboxylic acids is 2. The number of nitrogens with one attached hydrogen (secondary N) is 1. The molecule has 0 radical (unpaired) electrons. The van der Waals surface area contributed by atoms with Crippen LogP contribution in [-0.4, -0.2) is 29.5 Å². The zero-order valence-electron chi connectivity index (χ0n) is 14.9. The van der Waals surface area contributed by atoms with Gasteiger partial charge in [-0.2, -0.15) is 0 Å². The first-order valence-corrected chi connectivity index (χ1v) is 8.48. The molecule has 1 N–H and O–H groups in total. The van der Waals surface area contributed by atoms with E-state index in [1.807, 2.05) is 0 Å². The van der Waals surface area contributed by atoms with Crippen LogP contribution in [0.15, 0.2) is 36.4 Å². The van der Waals surface area contributed by atoms with Crippen molar-refractivity contribution in [3.8, 4) is 5.75 Å². The zero-order chi connectivity index (χ0) is 20.8. The number of amides is 1. The van der Waals surface area contributed by atoms with Crippen molar-refractivity contribution in [3.05, 3.63) is 62.9 Å². The van der Waals surface area contributed by atoms with Crippen LogP contribution in [0.1, 0.15) is 24.2 Å². The van der Waals surface area contributed by atoms with E-state index in [1.54, 1.807) is 6.92 Å². The Balaban J connectivity index is 2.09. The van der Waals surface area contributed by atoms with Crippen molar-refractivity contribution in [1.29, 1.82) is 0 Å². The number of halogens is 2. The van der Waals surface area contributed by atoms with Crippen LogP contribution in [-0.2, 0) is 9.53 Å². The minimum Gasteiger partial charge on any atom is -0.487 e. The average Bonchev–Trinajstić information content (AvgIpc) is 2.64. The molecule has 1 amide bonds. The van der Waals surface area contributed by atoms with Crippen molar-refractivity contribution in [2.45, 2.75) is 20.0 Å². The largest absolute Gasteiger partial charge is 0.487 e. The van der Waals surface area contributed by atoms with Crippen LogP contribution in [0.25, 0.3) is 0 Å². The van der Waals surface area contributed by atoms with Gasteiger partial charge in [-0.15, -0.1) is 0 Å². The Morgan fingerprint density at radius 3 is 2.61 bits per heavy atom. The summed E-state index contributed by atoms with van der Waals surface area (Å²) in [6, 6.07) is 7.22. The summed E-state index contributed by atoms with van der Waals surface area (Å²) < 4.78 is 23.9. The molecule has 2 aromatic carbocycles. The number of nitrogens with zero attached hydrogens (tertiary/aromatic N) is 1. The molecule has 2 rings (SSSR count). The van der Waals surface area contributed by atoms with Crippen LogP contribution in [0.4, 0.5) is 15.8 Å². The topological polar surface area (TPSA) is 108 Å². The summed E-state index contributed by atoms with van der Waals surface area (Å²) in [5.41, 5.74) is -0.668. The van der Waals surface area contributed by atoms with Gasteiger partial charge in [0, 0.05) is 11.1 Å². The maximum Gasteiger partial charge on any atom is 0.339 e. The number of ether oxygens (including phenoxy) is 2. The number of anilines is 1. The second-order valence-corrected chi connectivity index (χ2v) is 5.97. The van der Waals surface area contributed by atoms with Crippen LogP contribution in [0.2, 0.25) is 5.02 Å². The third-order valence-corrected chi connectivity index (χ3v) is 3.77. The van der Waals surface area contributed by atoms with E-state index in [-0.39, 0.29) is 28.6 Å². The van der Waals surface area contributed by atoms with Gasteiger partial charge >= 0.3 is 11.7 Å². The molecule has 0 spiro atoms. The van der Waals surface area contributed by atoms with E-state index in [1.165, 1.54) is 31.2 Å².